The number of benzene rings is 2. The maximum atomic E-state index is 6.28. The predicted molar refractivity (Wildman–Crippen MR) is 148 cm³/mol. The molecule has 0 aliphatic carbocycles. The number of allylic oxidation sites excluding steroid dienone is 1. The number of aryl methyl sites for hydroxylation is 1. The van der Waals surface area contributed by atoms with Crippen LogP contribution in [0.15, 0.2) is 80.2 Å². The summed E-state index contributed by atoms with van der Waals surface area (Å²) in [7, 11) is 4.11. The Labute approximate surface area is 205 Å². The van der Waals surface area contributed by atoms with E-state index in [1.165, 1.54) is 16.8 Å². The van der Waals surface area contributed by atoms with Gasteiger partial charge in [-0.05, 0) is 91.7 Å². The van der Waals surface area contributed by atoms with E-state index in [1.54, 1.807) is 6.20 Å². The monoisotopic (exact) mass is 454 g/mol. The molecule has 0 aliphatic rings. The van der Waals surface area contributed by atoms with E-state index < -0.39 is 0 Å². The van der Waals surface area contributed by atoms with E-state index in [-0.39, 0.29) is 0 Å². The van der Waals surface area contributed by atoms with Gasteiger partial charge in [-0.25, -0.2) is 0 Å². The first kappa shape index (κ1) is 25.1. The minimum absolute atomic E-state index is 0.498. The van der Waals surface area contributed by atoms with Gasteiger partial charge in [-0.15, -0.1) is 0 Å². The van der Waals surface area contributed by atoms with Crippen molar-refractivity contribution in [2.24, 2.45) is 5.92 Å². The van der Waals surface area contributed by atoms with E-state index in [4.69, 9.17) is 10.7 Å². The fourth-order valence-corrected chi connectivity index (χ4v) is 4.15. The first-order chi connectivity index (χ1) is 16.4. The molecule has 3 aromatic rings. The summed E-state index contributed by atoms with van der Waals surface area (Å²) in [6.07, 6.45) is 7.76. The molecule has 0 amide bonds. The molecule has 0 radical (unpaired) electrons. The van der Waals surface area contributed by atoms with Crippen molar-refractivity contribution in [3.8, 4) is 11.1 Å². The molecule has 1 unspecified atom stereocenters. The highest BCUT2D eigenvalue weighted by molar-refractivity contribution is 5.66. The van der Waals surface area contributed by atoms with Crippen molar-refractivity contribution in [2.45, 2.75) is 32.6 Å². The second-order valence-electron chi connectivity index (χ2n) is 9.23. The Morgan fingerprint density at radius 2 is 1.79 bits per heavy atom. The minimum atomic E-state index is 0.498. The van der Waals surface area contributed by atoms with Gasteiger partial charge in [0.05, 0.1) is 0 Å². The van der Waals surface area contributed by atoms with Gasteiger partial charge in [0.25, 0.3) is 0 Å². The lowest BCUT2D eigenvalue weighted by Gasteiger charge is -2.18. The number of nitrogen functional groups attached to an aromatic ring is 1. The SMILES string of the molecule is C=CNCCC(CCc1cc(C(=C)C)ccc1N)Cc1ccc(-c2ccc(N(C)C)cc2)cn1. The molecule has 0 bridgehead atoms. The molecule has 0 saturated carbocycles. The van der Waals surface area contributed by atoms with Crippen LogP contribution >= 0.6 is 0 Å². The summed E-state index contributed by atoms with van der Waals surface area (Å²) in [5, 5.41) is 3.24. The van der Waals surface area contributed by atoms with Crippen molar-refractivity contribution in [2.75, 3.05) is 31.3 Å². The number of nitrogens with two attached hydrogens (primary N) is 1. The summed E-state index contributed by atoms with van der Waals surface area (Å²) >= 11 is 0. The molecular formula is C30H38N4. The lowest BCUT2D eigenvalue weighted by Crippen LogP contribution is -2.16. The van der Waals surface area contributed by atoms with Crippen LogP contribution in [0.5, 0.6) is 0 Å². The highest BCUT2D eigenvalue weighted by atomic mass is 15.1. The largest absolute Gasteiger partial charge is 0.399 e. The predicted octanol–water partition coefficient (Wildman–Crippen LogP) is 6.34. The molecule has 34 heavy (non-hydrogen) atoms. The van der Waals surface area contributed by atoms with Crippen LogP contribution in [0.3, 0.4) is 0 Å². The molecule has 4 nitrogen and oxygen atoms in total. The second-order valence-corrected chi connectivity index (χ2v) is 9.23. The molecule has 0 spiro atoms. The molecule has 1 heterocycles. The van der Waals surface area contributed by atoms with Crippen LogP contribution in [0, 0.1) is 5.92 Å². The number of hydrogen-bond acceptors (Lipinski definition) is 4. The Morgan fingerprint density at radius 1 is 1.06 bits per heavy atom. The number of hydrogen-bond donors (Lipinski definition) is 2. The van der Waals surface area contributed by atoms with Crippen molar-refractivity contribution in [1.29, 1.82) is 0 Å². The molecule has 0 fully saturated rings. The maximum Gasteiger partial charge on any atom is 0.0406 e. The van der Waals surface area contributed by atoms with E-state index in [9.17, 15) is 0 Å². The highest BCUT2D eigenvalue weighted by Gasteiger charge is 2.13. The van der Waals surface area contributed by atoms with Crippen molar-refractivity contribution >= 4 is 16.9 Å². The molecule has 178 valence electrons. The van der Waals surface area contributed by atoms with Gasteiger partial charge in [-0.1, -0.05) is 43.0 Å². The quantitative estimate of drug-likeness (QED) is 0.247. The van der Waals surface area contributed by atoms with Gasteiger partial charge in [0, 0.05) is 49.5 Å². The molecule has 1 aromatic heterocycles. The normalized spacial score (nSPS) is 11.6. The zero-order valence-corrected chi connectivity index (χ0v) is 20.8. The summed E-state index contributed by atoms with van der Waals surface area (Å²) in [6, 6.07) is 19.2. The van der Waals surface area contributed by atoms with E-state index in [1.807, 2.05) is 25.3 Å². The fourth-order valence-electron chi connectivity index (χ4n) is 4.15. The topological polar surface area (TPSA) is 54.2 Å². The zero-order valence-electron chi connectivity index (χ0n) is 20.8. The third kappa shape index (κ3) is 6.98. The first-order valence-electron chi connectivity index (χ1n) is 12.0. The van der Waals surface area contributed by atoms with Gasteiger partial charge in [0.2, 0.25) is 0 Å². The Morgan fingerprint density at radius 3 is 2.41 bits per heavy atom. The summed E-state index contributed by atoms with van der Waals surface area (Å²) in [5.74, 6) is 0.498. The van der Waals surface area contributed by atoms with Gasteiger partial charge in [0.1, 0.15) is 0 Å². The van der Waals surface area contributed by atoms with Crippen molar-refractivity contribution in [3.05, 3.63) is 97.0 Å². The van der Waals surface area contributed by atoms with E-state index in [0.29, 0.717) is 5.92 Å². The summed E-state index contributed by atoms with van der Waals surface area (Å²) in [5.41, 5.74) is 15.2. The zero-order chi connectivity index (χ0) is 24.5. The number of nitrogens with zero attached hydrogens (tertiary/aromatic N) is 2. The van der Waals surface area contributed by atoms with Crippen LogP contribution in [0.1, 0.15) is 36.6 Å². The van der Waals surface area contributed by atoms with Crippen LogP contribution in [0.2, 0.25) is 0 Å². The molecule has 0 saturated heterocycles. The van der Waals surface area contributed by atoms with Gasteiger partial charge in [0.15, 0.2) is 0 Å². The number of rotatable bonds is 12. The summed E-state index contributed by atoms with van der Waals surface area (Å²) in [4.78, 5) is 6.91. The van der Waals surface area contributed by atoms with Crippen LogP contribution in [0.25, 0.3) is 16.7 Å². The lowest BCUT2D eigenvalue weighted by atomic mass is 9.90. The number of nitrogens with one attached hydrogen (secondary N) is 1. The van der Waals surface area contributed by atoms with Gasteiger partial charge >= 0.3 is 0 Å². The molecule has 3 N–H and O–H groups in total. The second kappa shape index (κ2) is 12.1. The van der Waals surface area contributed by atoms with Gasteiger partial charge in [-0.3, -0.25) is 4.98 Å². The Balaban J connectivity index is 1.68. The van der Waals surface area contributed by atoms with Crippen molar-refractivity contribution in [1.82, 2.24) is 10.3 Å². The Kier molecular flexibility index (Phi) is 8.92. The molecule has 2 aromatic carbocycles. The van der Waals surface area contributed by atoms with Crippen LogP contribution in [-0.2, 0) is 12.8 Å². The summed E-state index contributed by atoms with van der Waals surface area (Å²) in [6.45, 7) is 10.8. The lowest BCUT2D eigenvalue weighted by molar-refractivity contribution is 0.440. The van der Waals surface area contributed by atoms with Gasteiger partial charge in [-0.2, -0.15) is 0 Å². The average molecular weight is 455 g/mol. The van der Waals surface area contributed by atoms with Crippen molar-refractivity contribution < 1.29 is 0 Å². The maximum absolute atomic E-state index is 6.28. The van der Waals surface area contributed by atoms with Gasteiger partial charge < -0.3 is 16.0 Å². The Bertz CT molecular complexity index is 1080. The molecular weight excluding hydrogens is 416 g/mol. The third-order valence-corrected chi connectivity index (χ3v) is 6.34. The van der Waals surface area contributed by atoms with E-state index in [2.05, 4.69) is 79.9 Å². The van der Waals surface area contributed by atoms with Crippen LogP contribution in [-0.4, -0.2) is 25.6 Å². The number of aromatic nitrogens is 1. The summed E-state index contributed by atoms with van der Waals surface area (Å²) < 4.78 is 0. The first-order valence-corrected chi connectivity index (χ1v) is 12.0. The Hall–Kier alpha value is -3.53. The standard InChI is InChI=1S/C30H38N4/c1-6-32-18-17-23(7-8-26-20-25(22(2)3)12-16-30(26)31)19-28-13-9-27(21-33-28)24-10-14-29(15-11-24)34(4)5/h6,9-16,20-21,23,32H,1-2,7-8,17-19,31H2,3-5H3. The average Bonchev–Trinajstić information content (AvgIpc) is 2.83. The molecule has 1 atom stereocenters. The van der Waals surface area contributed by atoms with Crippen LogP contribution in [0.4, 0.5) is 11.4 Å². The molecule has 4 heteroatoms. The molecule has 0 aliphatic heterocycles. The number of pyridine rings is 1. The fraction of sp³-hybridized carbons (Fsp3) is 0.300. The van der Waals surface area contributed by atoms with Crippen molar-refractivity contribution in [3.63, 3.8) is 0 Å². The minimum Gasteiger partial charge on any atom is -0.399 e. The van der Waals surface area contributed by atoms with E-state index in [0.717, 1.165) is 60.3 Å². The van der Waals surface area contributed by atoms with Crippen LogP contribution < -0.4 is 16.0 Å². The molecule has 3 rings (SSSR count). The van der Waals surface area contributed by atoms with E-state index >= 15 is 0 Å². The number of anilines is 2. The smallest absolute Gasteiger partial charge is 0.0406 e. The highest BCUT2D eigenvalue weighted by Crippen LogP contribution is 2.25. The third-order valence-electron chi connectivity index (χ3n) is 6.34.